The normalized spacial score (nSPS) is 14.1. The van der Waals surface area contributed by atoms with Crippen molar-refractivity contribution < 1.29 is 8.42 Å². The summed E-state index contributed by atoms with van der Waals surface area (Å²) in [7, 11) is -3.91. The van der Waals surface area contributed by atoms with Crippen LogP contribution in [0.4, 0.5) is 11.5 Å². The van der Waals surface area contributed by atoms with Gasteiger partial charge in [-0.15, -0.1) is 0 Å². The van der Waals surface area contributed by atoms with E-state index in [1.165, 1.54) is 18.2 Å². The summed E-state index contributed by atoms with van der Waals surface area (Å²) in [6, 6.07) is 11.0. The third-order valence-corrected chi connectivity index (χ3v) is 7.11. The Balaban J connectivity index is 1.46. The van der Waals surface area contributed by atoms with E-state index in [2.05, 4.69) is 19.9 Å². The van der Waals surface area contributed by atoms with Gasteiger partial charge in [0, 0.05) is 22.2 Å². The molecule has 1 aliphatic carbocycles. The summed E-state index contributed by atoms with van der Waals surface area (Å²) in [5, 5.41) is 8.07. The minimum atomic E-state index is -3.91. The fourth-order valence-electron chi connectivity index (χ4n) is 3.34. The van der Waals surface area contributed by atoms with E-state index in [9.17, 15) is 8.42 Å². The van der Waals surface area contributed by atoms with Crippen molar-refractivity contribution in [1.82, 2.24) is 20.2 Å². The number of nitrogens with zero attached hydrogens (tertiary/aromatic N) is 3. The van der Waals surface area contributed by atoms with Crippen molar-refractivity contribution in [2.75, 3.05) is 10.5 Å². The van der Waals surface area contributed by atoms with Crippen LogP contribution < -0.4 is 10.5 Å². The molecule has 2 heterocycles. The van der Waals surface area contributed by atoms with E-state index in [4.69, 9.17) is 33.9 Å². The number of halogens is 2. The van der Waals surface area contributed by atoms with Crippen molar-refractivity contribution in [1.29, 1.82) is 0 Å². The van der Waals surface area contributed by atoms with Crippen LogP contribution in [0, 0.1) is 0 Å². The molecule has 0 saturated heterocycles. The number of nitrogens with two attached hydrogens (primary N) is 1. The molecule has 11 heteroatoms. The van der Waals surface area contributed by atoms with Crippen LogP contribution in [0.3, 0.4) is 0 Å². The Morgan fingerprint density at radius 2 is 1.81 bits per heavy atom. The monoisotopic (exact) mass is 474 g/mol. The van der Waals surface area contributed by atoms with Gasteiger partial charge in [0.25, 0.3) is 10.0 Å². The van der Waals surface area contributed by atoms with Gasteiger partial charge in [-0.2, -0.15) is 5.10 Å². The zero-order valence-electron chi connectivity index (χ0n) is 15.9. The van der Waals surface area contributed by atoms with Gasteiger partial charge in [0.1, 0.15) is 10.7 Å². The fraction of sp³-hybridized carbons (Fsp3) is 0.150. The number of anilines is 2. The number of aromatic amines is 1. The number of nitrogen functional groups attached to an aromatic ring is 1. The summed E-state index contributed by atoms with van der Waals surface area (Å²) in [5.74, 6) is 1.33. The maximum absolute atomic E-state index is 12.7. The van der Waals surface area contributed by atoms with Crippen LogP contribution in [0.5, 0.6) is 0 Å². The van der Waals surface area contributed by atoms with Gasteiger partial charge in [0.05, 0.1) is 16.1 Å². The Kier molecular flexibility index (Phi) is 4.76. The lowest BCUT2D eigenvalue weighted by atomic mass is 10.1. The molecule has 0 radical (unpaired) electrons. The van der Waals surface area contributed by atoms with Crippen molar-refractivity contribution in [3.05, 3.63) is 58.2 Å². The Labute approximate surface area is 187 Å². The van der Waals surface area contributed by atoms with Gasteiger partial charge in [0.2, 0.25) is 0 Å². The molecule has 0 amide bonds. The largest absolute Gasteiger partial charge is 0.383 e. The molecular weight excluding hydrogens is 459 g/mol. The SMILES string of the molecule is Nc1[nH]nc2nc(-c3ccc(NS(=O)(=O)c4cc(Cl)ccc4Cl)cc3)nc(C3CC3)c12. The van der Waals surface area contributed by atoms with Crippen LogP contribution in [-0.2, 0) is 10.0 Å². The molecule has 158 valence electrons. The highest BCUT2D eigenvalue weighted by Gasteiger charge is 2.30. The number of rotatable bonds is 5. The third-order valence-electron chi connectivity index (χ3n) is 5.01. The first-order chi connectivity index (χ1) is 14.8. The Morgan fingerprint density at radius 1 is 1.06 bits per heavy atom. The van der Waals surface area contributed by atoms with Crippen molar-refractivity contribution in [3.8, 4) is 11.4 Å². The topological polar surface area (TPSA) is 127 Å². The summed E-state index contributed by atoms with van der Waals surface area (Å²) in [6.07, 6.45) is 2.12. The number of aromatic nitrogens is 4. The van der Waals surface area contributed by atoms with E-state index in [1.54, 1.807) is 24.3 Å². The maximum Gasteiger partial charge on any atom is 0.263 e. The van der Waals surface area contributed by atoms with Crippen LogP contribution in [0.15, 0.2) is 47.4 Å². The van der Waals surface area contributed by atoms with Gasteiger partial charge in [-0.3, -0.25) is 9.82 Å². The summed E-state index contributed by atoms with van der Waals surface area (Å²) in [5.41, 5.74) is 8.51. The highest BCUT2D eigenvalue weighted by molar-refractivity contribution is 7.92. The molecule has 8 nitrogen and oxygen atoms in total. The second kappa shape index (κ2) is 7.37. The molecule has 1 saturated carbocycles. The highest BCUT2D eigenvalue weighted by Crippen LogP contribution is 2.43. The quantitative estimate of drug-likeness (QED) is 0.388. The molecule has 1 aliphatic rings. The van der Waals surface area contributed by atoms with Crippen LogP contribution >= 0.6 is 23.2 Å². The number of sulfonamides is 1. The van der Waals surface area contributed by atoms with E-state index in [-0.39, 0.29) is 14.9 Å². The summed E-state index contributed by atoms with van der Waals surface area (Å²) < 4.78 is 27.9. The summed E-state index contributed by atoms with van der Waals surface area (Å²) in [6.45, 7) is 0. The van der Waals surface area contributed by atoms with E-state index < -0.39 is 10.0 Å². The molecule has 0 unspecified atom stereocenters. The smallest absolute Gasteiger partial charge is 0.263 e. The standard InChI is InChI=1S/C20H16Cl2N6O2S/c21-12-5-8-14(22)15(9-12)31(29,30)28-13-6-3-11(4-7-13)19-24-17(10-1-2-10)16-18(23)26-27-20(16)25-19/h3-10,28H,1-2H2,(H3,23,24,25,26,27). The molecule has 2 aromatic heterocycles. The molecule has 0 spiro atoms. The van der Waals surface area contributed by atoms with Crippen molar-refractivity contribution in [2.45, 2.75) is 23.7 Å². The lowest BCUT2D eigenvalue weighted by molar-refractivity contribution is 0.601. The first-order valence-electron chi connectivity index (χ1n) is 9.41. The zero-order chi connectivity index (χ0) is 21.8. The zero-order valence-corrected chi connectivity index (χ0v) is 18.3. The molecule has 0 atom stereocenters. The minimum Gasteiger partial charge on any atom is -0.383 e. The Bertz CT molecular complexity index is 1420. The molecule has 0 bridgehead atoms. The van der Waals surface area contributed by atoms with Gasteiger partial charge < -0.3 is 5.73 Å². The first-order valence-corrected chi connectivity index (χ1v) is 11.7. The number of H-pyrrole nitrogens is 1. The van der Waals surface area contributed by atoms with Gasteiger partial charge in [-0.25, -0.2) is 18.4 Å². The number of hydrogen-bond donors (Lipinski definition) is 3. The molecule has 2 aromatic carbocycles. The second-order valence-electron chi connectivity index (χ2n) is 7.30. The minimum absolute atomic E-state index is 0.0844. The number of fused-ring (bicyclic) bond motifs is 1. The van der Waals surface area contributed by atoms with E-state index in [1.807, 2.05) is 0 Å². The van der Waals surface area contributed by atoms with E-state index in [0.29, 0.717) is 28.9 Å². The van der Waals surface area contributed by atoms with Crippen molar-refractivity contribution in [2.24, 2.45) is 0 Å². The number of benzene rings is 2. The molecular formula is C20H16Cl2N6O2S. The molecule has 4 aromatic rings. The van der Waals surface area contributed by atoms with Crippen molar-refractivity contribution in [3.63, 3.8) is 0 Å². The number of hydrogen-bond acceptors (Lipinski definition) is 6. The van der Waals surface area contributed by atoms with Crippen LogP contribution in [0.25, 0.3) is 22.4 Å². The molecule has 5 rings (SSSR count). The van der Waals surface area contributed by atoms with Gasteiger partial charge in [-0.1, -0.05) is 23.2 Å². The predicted molar refractivity (Wildman–Crippen MR) is 121 cm³/mol. The van der Waals surface area contributed by atoms with Crippen LogP contribution in [0.1, 0.15) is 24.5 Å². The Morgan fingerprint density at radius 3 is 2.52 bits per heavy atom. The lowest BCUT2D eigenvalue weighted by Gasteiger charge is -2.11. The summed E-state index contributed by atoms with van der Waals surface area (Å²) in [4.78, 5) is 9.13. The average molecular weight is 475 g/mol. The van der Waals surface area contributed by atoms with E-state index in [0.717, 1.165) is 29.5 Å². The fourth-order valence-corrected chi connectivity index (χ4v) is 5.16. The maximum atomic E-state index is 12.7. The molecule has 1 fully saturated rings. The third kappa shape index (κ3) is 3.80. The molecule has 4 N–H and O–H groups in total. The van der Waals surface area contributed by atoms with Gasteiger partial charge in [0.15, 0.2) is 11.5 Å². The lowest BCUT2D eigenvalue weighted by Crippen LogP contribution is -2.13. The Hall–Kier alpha value is -2.88. The summed E-state index contributed by atoms with van der Waals surface area (Å²) >= 11 is 12.0. The van der Waals surface area contributed by atoms with Gasteiger partial charge in [-0.05, 0) is 55.3 Å². The van der Waals surface area contributed by atoms with Gasteiger partial charge >= 0.3 is 0 Å². The second-order valence-corrected chi connectivity index (χ2v) is 9.79. The van der Waals surface area contributed by atoms with Crippen LogP contribution in [-0.4, -0.2) is 28.6 Å². The first kappa shape index (κ1) is 20.0. The van der Waals surface area contributed by atoms with Crippen molar-refractivity contribution >= 4 is 55.8 Å². The van der Waals surface area contributed by atoms with E-state index >= 15 is 0 Å². The van der Waals surface area contributed by atoms with Crippen LogP contribution in [0.2, 0.25) is 10.0 Å². The predicted octanol–water partition coefficient (Wildman–Crippen LogP) is 4.59. The molecule has 31 heavy (non-hydrogen) atoms. The highest BCUT2D eigenvalue weighted by atomic mass is 35.5. The number of nitrogens with one attached hydrogen (secondary N) is 2. The molecule has 0 aliphatic heterocycles. The average Bonchev–Trinajstić information content (AvgIpc) is 3.52.